The van der Waals surface area contributed by atoms with Gasteiger partial charge in [0.15, 0.2) is 0 Å². The molecule has 0 spiro atoms. The molecule has 1 atom stereocenters. The molecule has 1 amide bonds. The van der Waals surface area contributed by atoms with E-state index in [4.69, 9.17) is 26.8 Å². The molecule has 1 unspecified atom stereocenters. The van der Waals surface area contributed by atoms with E-state index in [-0.39, 0.29) is 24.7 Å². The first-order valence-corrected chi connectivity index (χ1v) is 9.68. The molecular weight excluding hydrogens is 392 g/mol. The minimum absolute atomic E-state index is 0.0498. The molecule has 2 N–H and O–H groups in total. The number of ether oxygens (including phenoxy) is 2. The first kappa shape index (κ1) is 20.9. The number of nitrogens with zero attached hydrogens (tertiary/aromatic N) is 1. The van der Waals surface area contributed by atoms with Crippen molar-refractivity contribution in [2.24, 2.45) is 5.73 Å². The highest BCUT2D eigenvalue weighted by Crippen LogP contribution is 2.33. The predicted molar refractivity (Wildman–Crippen MR) is 112 cm³/mol. The first-order chi connectivity index (χ1) is 13.9. The highest BCUT2D eigenvalue weighted by molar-refractivity contribution is 6.31. The number of carbonyl (C=O) groups excluding carboxylic acids is 2. The predicted octanol–water partition coefficient (Wildman–Crippen LogP) is 4.33. The second kappa shape index (κ2) is 9.11. The van der Waals surface area contributed by atoms with E-state index in [1.54, 1.807) is 17.9 Å². The Morgan fingerprint density at radius 1 is 1.34 bits per heavy atom. The molecule has 0 bridgehead atoms. The lowest BCUT2D eigenvalue weighted by Gasteiger charge is -2.22. The zero-order valence-electron chi connectivity index (χ0n) is 16.2. The molecule has 0 aliphatic carbocycles. The highest BCUT2D eigenvalue weighted by atomic mass is 35.5. The van der Waals surface area contributed by atoms with Gasteiger partial charge < -0.3 is 20.1 Å². The minimum atomic E-state index is -0.847. The third-order valence-corrected chi connectivity index (χ3v) is 5.10. The van der Waals surface area contributed by atoms with Gasteiger partial charge in [-0.05, 0) is 42.2 Å². The van der Waals surface area contributed by atoms with Crippen LogP contribution in [0, 0.1) is 6.92 Å². The van der Waals surface area contributed by atoms with Crippen molar-refractivity contribution in [2.75, 3.05) is 18.1 Å². The van der Waals surface area contributed by atoms with Crippen LogP contribution in [-0.2, 0) is 16.0 Å². The lowest BCUT2D eigenvalue weighted by atomic mass is 9.98. The topological polar surface area (TPSA) is 81.9 Å². The number of benzene rings is 2. The van der Waals surface area contributed by atoms with Crippen LogP contribution in [0.1, 0.15) is 29.2 Å². The SMILES string of the molecule is C=CCOC(=O)Oc1cc(C)c(C(N)CC(=O)N2CCc3ccccc32)c(Cl)c1. The van der Waals surface area contributed by atoms with Gasteiger partial charge in [-0.3, -0.25) is 4.79 Å². The number of carbonyl (C=O) groups is 2. The van der Waals surface area contributed by atoms with Gasteiger partial charge in [-0.1, -0.05) is 42.5 Å². The number of hydrogen-bond donors (Lipinski definition) is 1. The van der Waals surface area contributed by atoms with Gasteiger partial charge in [-0.2, -0.15) is 0 Å². The molecule has 2 aromatic rings. The Morgan fingerprint density at radius 3 is 2.83 bits per heavy atom. The summed E-state index contributed by atoms with van der Waals surface area (Å²) in [5.41, 5.74) is 9.81. The Morgan fingerprint density at radius 2 is 2.10 bits per heavy atom. The van der Waals surface area contributed by atoms with Gasteiger partial charge in [-0.15, -0.1) is 0 Å². The van der Waals surface area contributed by atoms with Crippen molar-refractivity contribution in [2.45, 2.75) is 25.8 Å². The van der Waals surface area contributed by atoms with Crippen molar-refractivity contribution >= 4 is 29.4 Å². The van der Waals surface area contributed by atoms with Crippen LogP contribution in [0.5, 0.6) is 5.75 Å². The van der Waals surface area contributed by atoms with Gasteiger partial charge in [0.1, 0.15) is 12.4 Å². The molecule has 29 heavy (non-hydrogen) atoms. The molecule has 152 valence electrons. The number of nitrogens with two attached hydrogens (primary N) is 1. The van der Waals surface area contributed by atoms with Crippen LogP contribution in [0.2, 0.25) is 5.02 Å². The number of aryl methyl sites for hydroxylation is 1. The summed E-state index contributed by atoms with van der Waals surface area (Å²) in [5.74, 6) is 0.198. The summed E-state index contributed by atoms with van der Waals surface area (Å²) in [7, 11) is 0. The number of rotatable bonds is 6. The molecule has 0 saturated carbocycles. The fraction of sp³-hybridized carbons (Fsp3) is 0.273. The summed E-state index contributed by atoms with van der Waals surface area (Å²) in [6, 6.07) is 10.4. The van der Waals surface area contributed by atoms with E-state index in [1.807, 2.05) is 24.3 Å². The van der Waals surface area contributed by atoms with Crippen LogP contribution in [0.4, 0.5) is 10.5 Å². The van der Waals surface area contributed by atoms with Gasteiger partial charge in [0, 0.05) is 35.8 Å². The lowest BCUT2D eigenvalue weighted by molar-refractivity contribution is -0.118. The second-order valence-corrected chi connectivity index (χ2v) is 7.23. The molecule has 0 saturated heterocycles. The van der Waals surface area contributed by atoms with Crippen molar-refractivity contribution in [3.63, 3.8) is 0 Å². The molecule has 1 aliphatic rings. The van der Waals surface area contributed by atoms with E-state index in [0.717, 1.165) is 23.2 Å². The summed E-state index contributed by atoms with van der Waals surface area (Å²) < 4.78 is 9.90. The van der Waals surface area contributed by atoms with Gasteiger partial charge in [0.25, 0.3) is 0 Å². The Balaban J connectivity index is 1.71. The van der Waals surface area contributed by atoms with E-state index in [0.29, 0.717) is 17.1 Å². The van der Waals surface area contributed by atoms with Gasteiger partial charge in [0.2, 0.25) is 5.91 Å². The van der Waals surface area contributed by atoms with Crippen molar-refractivity contribution in [3.8, 4) is 5.75 Å². The quantitative estimate of drug-likeness (QED) is 0.432. The summed E-state index contributed by atoms with van der Waals surface area (Å²) in [6.45, 7) is 5.97. The largest absolute Gasteiger partial charge is 0.514 e. The monoisotopic (exact) mass is 414 g/mol. The van der Waals surface area contributed by atoms with E-state index in [2.05, 4.69) is 6.58 Å². The Bertz CT molecular complexity index is 921. The molecule has 2 aromatic carbocycles. The molecule has 0 fully saturated rings. The van der Waals surface area contributed by atoms with E-state index < -0.39 is 12.2 Å². The molecule has 3 rings (SSSR count). The highest BCUT2D eigenvalue weighted by Gasteiger charge is 2.27. The maximum Gasteiger partial charge on any atom is 0.514 e. The average molecular weight is 415 g/mol. The third-order valence-electron chi connectivity index (χ3n) is 4.78. The summed E-state index contributed by atoms with van der Waals surface area (Å²) >= 11 is 6.39. The summed E-state index contributed by atoms with van der Waals surface area (Å²) in [4.78, 5) is 26.2. The van der Waals surface area contributed by atoms with E-state index >= 15 is 0 Å². The van der Waals surface area contributed by atoms with Crippen LogP contribution in [-0.4, -0.2) is 25.2 Å². The fourth-order valence-corrected chi connectivity index (χ4v) is 3.90. The molecular formula is C22H23ClN2O4. The van der Waals surface area contributed by atoms with Gasteiger partial charge in [-0.25, -0.2) is 4.79 Å². The number of fused-ring (bicyclic) bond motifs is 1. The van der Waals surface area contributed by atoms with Crippen LogP contribution in [0.25, 0.3) is 0 Å². The molecule has 1 aliphatic heterocycles. The van der Waals surface area contributed by atoms with Crippen molar-refractivity contribution in [1.82, 2.24) is 0 Å². The maximum atomic E-state index is 12.8. The Kier molecular flexibility index (Phi) is 6.56. The average Bonchev–Trinajstić information content (AvgIpc) is 3.10. The molecule has 7 heteroatoms. The van der Waals surface area contributed by atoms with Crippen LogP contribution < -0.4 is 15.4 Å². The first-order valence-electron chi connectivity index (χ1n) is 9.30. The zero-order valence-corrected chi connectivity index (χ0v) is 16.9. The summed E-state index contributed by atoms with van der Waals surface area (Å²) in [6.07, 6.45) is 1.55. The number of amides is 1. The normalized spacial score (nSPS) is 13.6. The Hall–Kier alpha value is -2.83. The lowest BCUT2D eigenvalue weighted by Crippen LogP contribution is -2.32. The second-order valence-electron chi connectivity index (χ2n) is 6.82. The van der Waals surface area contributed by atoms with Gasteiger partial charge >= 0.3 is 6.16 Å². The number of halogens is 1. The van der Waals surface area contributed by atoms with Crippen LogP contribution in [0.15, 0.2) is 49.1 Å². The standard InChI is InChI=1S/C22H23ClN2O4/c1-3-10-28-22(27)29-16-11-14(2)21(17(23)12-16)18(24)13-20(26)25-9-8-15-6-4-5-7-19(15)25/h3-7,11-12,18H,1,8-10,13,24H2,2H3. The molecule has 0 aromatic heterocycles. The number of anilines is 1. The third kappa shape index (κ3) is 4.78. The van der Waals surface area contributed by atoms with Crippen LogP contribution >= 0.6 is 11.6 Å². The van der Waals surface area contributed by atoms with Gasteiger partial charge in [0.05, 0.1) is 0 Å². The van der Waals surface area contributed by atoms with E-state index in [9.17, 15) is 9.59 Å². The van der Waals surface area contributed by atoms with E-state index in [1.165, 1.54) is 12.1 Å². The molecule has 6 nitrogen and oxygen atoms in total. The smallest absolute Gasteiger partial charge is 0.430 e. The molecule has 1 heterocycles. The Labute approximate surface area is 174 Å². The minimum Gasteiger partial charge on any atom is -0.430 e. The fourth-order valence-electron chi connectivity index (χ4n) is 3.50. The summed E-state index contributed by atoms with van der Waals surface area (Å²) in [5, 5.41) is 0.332. The molecule has 0 radical (unpaired) electrons. The number of hydrogen-bond acceptors (Lipinski definition) is 5. The number of para-hydroxylation sites is 1. The zero-order chi connectivity index (χ0) is 21.0. The van der Waals surface area contributed by atoms with Crippen molar-refractivity contribution in [1.29, 1.82) is 0 Å². The van der Waals surface area contributed by atoms with Crippen LogP contribution in [0.3, 0.4) is 0 Å². The maximum absolute atomic E-state index is 12.8. The van der Waals surface area contributed by atoms with Crippen molar-refractivity contribution < 1.29 is 19.1 Å². The van der Waals surface area contributed by atoms with Crippen molar-refractivity contribution in [3.05, 3.63) is 70.8 Å².